The van der Waals surface area contributed by atoms with Crippen LogP contribution in [0.4, 0.5) is 17.3 Å². The third-order valence-corrected chi connectivity index (χ3v) is 3.57. The minimum Gasteiger partial charge on any atom is -0.497 e. The van der Waals surface area contributed by atoms with Gasteiger partial charge in [0.2, 0.25) is 0 Å². The van der Waals surface area contributed by atoms with Crippen molar-refractivity contribution >= 4 is 23.2 Å². The number of aryl methyl sites for hydroxylation is 1. The molecule has 0 aliphatic rings. The molecule has 26 heavy (non-hydrogen) atoms. The van der Waals surface area contributed by atoms with Crippen LogP contribution in [0.2, 0.25) is 0 Å². The molecule has 1 amide bonds. The molecule has 1 aromatic carbocycles. The van der Waals surface area contributed by atoms with Gasteiger partial charge in [-0.25, -0.2) is 4.98 Å². The van der Waals surface area contributed by atoms with Gasteiger partial charge in [-0.3, -0.25) is 4.79 Å². The fraction of sp³-hybridized carbons (Fsp3) is 0.167. The van der Waals surface area contributed by atoms with E-state index in [1.54, 1.807) is 50.4 Å². The zero-order valence-electron chi connectivity index (χ0n) is 14.6. The van der Waals surface area contributed by atoms with E-state index < -0.39 is 0 Å². The van der Waals surface area contributed by atoms with Gasteiger partial charge in [0.25, 0.3) is 5.91 Å². The number of carbonyl (C=O) groups is 1. The SMILES string of the molecule is COc1ccc(NC(=O)c2ccc(Nc3cc(C)on3)nc2)c(OC)c1. The van der Waals surface area contributed by atoms with Gasteiger partial charge < -0.3 is 24.6 Å². The third kappa shape index (κ3) is 3.92. The summed E-state index contributed by atoms with van der Waals surface area (Å²) >= 11 is 0. The molecule has 0 unspecified atom stereocenters. The molecule has 0 saturated carbocycles. The number of hydrogen-bond donors (Lipinski definition) is 2. The van der Waals surface area contributed by atoms with Crippen molar-refractivity contribution in [1.82, 2.24) is 10.1 Å². The number of benzene rings is 1. The Hall–Kier alpha value is -3.55. The average Bonchev–Trinajstić information content (AvgIpc) is 3.07. The summed E-state index contributed by atoms with van der Waals surface area (Å²) < 4.78 is 15.4. The first-order chi connectivity index (χ1) is 12.6. The Morgan fingerprint density at radius 2 is 1.92 bits per heavy atom. The largest absolute Gasteiger partial charge is 0.497 e. The molecule has 0 aliphatic heterocycles. The van der Waals surface area contributed by atoms with E-state index in [2.05, 4.69) is 20.8 Å². The van der Waals surface area contributed by atoms with Crippen LogP contribution in [0.3, 0.4) is 0 Å². The lowest BCUT2D eigenvalue weighted by Crippen LogP contribution is -2.13. The summed E-state index contributed by atoms with van der Waals surface area (Å²) in [5.74, 6) is 2.64. The summed E-state index contributed by atoms with van der Waals surface area (Å²) in [6, 6.07) is 10.2. The van der Waals surface area contributed by atoms with Crippen LogP contribution in [-0.4, -0.2) is 30.3 Å². The molecule has 0 aliphatic carbocycles. The number of carbonyl (C=O) groups excluding carboxylic acids is 1. The Bertz CT molecular complexity index is 906. The van der Waals surface area contributed by atoms with Gasteiger partial charge in [0.1, 0.15) is 23.1 Å². The van der Waals surface area contributed by atoms with E-state index in [0.717, 1.165) is 0 Å². The van der Waals surface area contributed by atoms with Crippen LogP contribution in [0.5, 0.6) is 11.5 Å². The average molecular weight is 354 g/mol. The van der Waals surface area contributed by atoms with Gasteiger partial charge in [0.15, 0.2) is 5.82 Å². The molecular weight excluding hydrogens is 336 g/mol. The molecule has 8 nitrogen and oxygen atoms in total. The van der Waals surface area contributed by atoms with Crippen LogP contribution in [0.15, 0.2) is 47.1 Å². The van der Waals surface area contributed by atoms with Crippen LogP contribution < -0.4 is 20.1 Å². The summed E-state index contributed by atoms with van der Waals surface area (Å²) in [6.45, 7) is 1.80. The molecule has 8 heteroatoms. The fourth-order valence-corrected chi connectivity index (χ4v) is 2.25. The molecule has 0 saturated heterocycles. The van der Waals surface area contributed by atoms with E-state index in [-0.39, 0.29) is 5.91 Å². The Balaban J connectivity index is 1.70. The van der Waals surface area contributed by atoms with E-state index in [1.807, 2.05) is 0 Å². The Morgan fingerprint density at radius 3 is 2.54 bits per heavy atom. The molecule has 3 aromatic rings. The second-order valence-corrected chi connectivity index (χ2v) is 5.40. The molecular formula is C18H18N4O4. The molecule has 2 aromatic heterocycles. The highest BCUT2D eigenvalue weighted by Crippen LogP contribution is 2.29. The number of rotatable bonds is 6. The lowest BCUT2D eigenvalue weighted by Gasteiger charge is -2.11. The summed E-state index contributed by atoms with van der Waals surface area (Å²) in [5, 5.41) is 9.61. The highest BCUT2D eigenvalue weighted by atomic mass is 16.5. The lowest BCUT2D eigenvalue weighted by atomic mass is 10.2. The van der Waals surface area contributed by atoms with Gasteiger partial charge in [0.05, 0.1) is 25.5 Å². The first kappa shape index (κ1) is 17.3. The Morgan fingerprint density at radius 1 is 1.08 bits per heavy atom. The van der Waals surface area contributed by atoms with Gasteiger partial charge in [0, 0.05) is 18.3 Å². The zero-order chi connectivity index (χ0) is 18.5. The molecule has 0 fully saturated rings. The summed E-state index contributed by atoms with van der Waals surface area (Å²) in [7, 11) is 3.09. The van der Waals surface area contributed by atoms with Crippen LogP contribution in [-0.2, 0) is 0 Å². The lowest BCUT2D eigenvalue weighted by molar-refractivity contribution is 0.102. The van der Waals surface area contributed by atoms with Crippen molar-refractivity contribution < 1.29 is 18.8 Å². The van der Waals surface area contributed by atoms with E-state index in [4.69, 9.17) is 14.0 Å². The van der Waals surface area contributed by atoms with Crippen molar-refractivity contribution in [2.75, 3.05) is 24.9 Å². The maximum absolute atomic E-state index is 12.4. The quantitative estimate of drug-likeness (QED) is 0.700. The Labute approximate surface area is 150 Å². The molecule has 0 bridgehead atoms. The molecule has 2 N–H and O–H groups in total. The van der Waals surface area contributed by atoms with Crippen molar-refractivity contribution in [2.45, 2.75) is 6.92 Å². The summed E-state index contributed by atoms with van der Waals surface area (Å²) in [4.78, 5) is 16.6. The van der Waals surface area contributed by atoms with Crippen LogP contribution in [0.1, 0.15) is 16.1 Å². The van der Waals surface area contributed by atoms with Gasteiger partial charge in [-0.2, -0.15) is 0 Å². The molecule has 3 rings (SSSR count). The predicted molar refractivity (Wildman–Crippen MR) is 96.3 cm³/mol. The highest BCUT2D eigenvalue weighted by molar-refractivity contribution is 6.05. The highest BCUT2D eigenvalue weighted by Gasteiger charge is 2.11. The first-order valence-corrected chi connectivity index (χ1v) is 7.79. The van der Waals surface area contributed by atoms with E-state index >= 15 is 0 Å². The topological polar surface area (TPSA) is 98.5 Å². The number of nitrogens with one attached hydrogen (secondary N) is 2. The van der Waals surface area contributed by atoms with Crippen molar-refractivity contribution in [1.29, 1.82) is 0 Å². The first-order valence-electron chi connectivity index (χ1n) is 7.79. The van der Waals surface area contributed by atoms with Crippen LogP contribution in [0.25, 0.3) is 0 Å². The van der Waals surface area contributed by atoms with Gasteiger partial charge in [-0.05, 0) is 31.2 Å². The minimum atomic E-state index is -0.301. The minimum absolute atomic E-state index is 0.301. The number of pyridine rings is 1. The summed E-state index contributed by atoms with van der Waals surface area (Å²) in [5.41, 5.74) is 0.948. The van der Waals surface area contributed by atoms with Crippen LogP contribution >= 0.6 is 0 Å². The predicted octanol–water partition coefficient (Wildman–Crippen LogP) is 3.39. The van der Waals surface area contributed by atoms with E-state index in [1.165, 1.54) is 13.3 Å². The number of aromatic nitrogens is 2. The fourth-order valence-electron chi connectivity index (χ4n) is 2.25. The van der Waals surface area contributed by atoms with Gasteiger partial charge in [-0.1, -0.05) is 5.16 Å². The second kappa shape index (κ2) is 7.56. The molecule has 2 heterocycles. The Kier molecular flexibility index (Phi) is 5.02. The third-order valence-electron chi connectivity index (χ3n) is 3.57. The van der Waals surface area contributed by atoms with E-state index in [0.29, 0.717) is 40.1 Å². The second-order valence-electron chi connectivity index (χ2n) is 5.40. The smallest absolute Gasteiger partial charge is 0.257 e. The number of ether oxygens (including phenoxy) is 2. The van der Waals surface area contributed by atoms with E-state index in [9.17, 15) is 4.79 Å². The number of nitrogens with zero attached hydrogens (tertiary/aromatic N) is 2. The van der Waals surface area contributed by atoms with Crippen molar-refractivity contribution in [3.63, 3.8) is 0 Å². The number of amides is 1. The maximum atomic E-state index is 12.4. The molecule has 0 atom stereocenters. The van der Waals surface area contributed by atoms with Gasteiger partial charge >= 0.3 is 0 Å². The van der Waals surface area contributed by atoms with Crippen LogP contribution in [0, 0.1) is 6.92 Å². The molecule has 0 radical (unpaired) electrons. The normalized spacial score (nSPS) is 10.3. The number of methoxy groups -OCH3 is 2. The standard InChI is InChI=1S/C18H18N4O4/c1-11-8-17(22-26-11)21-16-7-4-12(10-19-16)18(23)20-14-6-5-13(24-2)9-15(14)25-3/h4-10H,1-3H3,(H,20,23)(H,19,21,22). The van der Waals surface area contributed by atoms with Crippen molar-refractivity contribution in [2.24, 2.45) is 0 Å². The zero-order valence-corrected chi connectivity index (χ0v) is 14.6. The monoisotopic (exact) mass is 354 g/mol. The molecule has 134 valence electrons. The summed E-state index contributed by atoms with van der Waals surface area (Å²) in [6.07, 6.45) is 1.47. The van der Waals surface area contributed by atoms with Gasteiger partial charge in [-0.15, -0.1) is 0 Å². The maximum Gasteiger partial charge on any atom is 0.257 e. The molecule has 0 spiro atoms. The van der Waals surface area contributed by atoms with Crippen molar-refractivity contribution in [3.05, 3.63) is 53.9 Å². The number of anilines is 3. The van der Waals surface area contributed by atoms with Crippen molar-refractivity contribution in [3.8, 4) is 11.5 Å². The number of hydrogen-bond acceptors (Lipinski definition) is 7.